The molecule has 0 aliphatic carbocycles. The summed E-state index contributed by atoms with van der Waals surface area (Å²) < 4.78 is 0. The molecule has 0 unspecified atom stereocenters. The van der Waals surface area contributed by atoms with E-state index in [0.29, 0.717) is 22.6 Å². The first-order valence-electron chi connectivity index (χ1n) is 5.56. The van der Waals surface area contributed by atoms with E-state index in [1.54, 1.807) is 18.2 Å². The molecule has 3 rings (SSSR count). The Balaban J connectivity index is 2.16. The van der Waals surface area contributed by atoms with Crippen LogP contribution in [0.5, 0.6) is 0 Å². The predicted octanol–water partition coefficient (Wildman–Crippen LogP) is 1.62. The highest BCUT2D eigenvalue weighted by molar-refractivity contribution is 5.92. The van der Waals surface area contributed by atoms with Crippen LogP contribution in [-0.4, -0.2) is 26.0 Å². The number of fused-ring (bicyclic) bond motifs is 1. The second-order valence-corrected chi connectivity index (χ2v) is 4.05. The van der Waals surface area contributed by atoms with Crippen LogP contribution in [0.4, 0.5) is 0 Å². The number of carbonyl (C=O) groups is 1. The molecule has 0 fully saturated rings. The highest BCUT2D eigenvalue weighted by Crippen LogP contribution is 2.19. The minimum Gasteiger partial charge on any atom is -0.478 e. The molecule has 2 aromatic heterocycles. The molecule has 94 valence electrons. The number of imidazole rings is 1. The van der Waals surface area contributed by atoms with Gasteiger partial charge in [0, 0.05) is 6.07 Å². The Labute approximate surface area is 106 Å². The lowest BCUT2D eigenvalue weighted by Gasteiger charge is -1.94. The number of hydrogen-bond donors (Lipinski definition) is 3. The number of carboxylic acids is 1. The Morgan fingerprint density at radius 2 is 2.00 bits per heavy atom. The molecule has 0 amide bonds. The molecule has 0 aliphatic heterocycles. The number of rotatable bonds is 2. The van der Waals surface area contributed by atoms with Crippen LogP contribution >= 0.6 is 0 Å². The molecule has 19 heavy (non-hydrogen) atoms. The number of aromatic amines is 2. The number of pyridine rings is 1. The third-order valence-corrected chi connectivity index (χ3v) is 2.75. The number of nitrogens with one attached hydrogen (secondary N) is 2. The number of benzene rings is 1. The van der Waals surface area contributed by atoms with E-state index in [1.807, 2.05) is 0 Å². The smallest absolute Gasteiger partial charge is 0.335 e. The molecule has 3 N–H and O–H groups in total. The molecule has 6 nitrogen and oxygen atoms in total. The Morgan fingerprint density at radius 1 is 1.16 bits per heavy atom. The van der Waals surface area contributed by atoms with Gasteiger partial charge < -0.3 is 15.1 Å². The average molecular weight is 255 g/mol. The number of H-pyrrole nitrogens is 2. The Kier molecular flexibility index (Phi) is 2.42. The SMILES string of the molecule is O=C(O)c1ccc2nc(-c3cccc(=O)[nH]3)[nH]c2c1. The van der Waals surface area contributed by atoms with Gasteiger partial charge in [-0.1, -0.05) is 6.07 Å². The van der Waals surface area contributed by atoms with Gasteiger partial charge in [0.1, 0.15) is 0 Å². The second-order valence-electron chi connectivity index (χ2n) is 4.05. The summed E-state index contributed by atoms with van der Waals surface area (Å²) in [5.74, 6) is -0.499. The molecule has 0 radical (unpaired) electrons. The zero-order valence-corrected chi connectivity index (χ0v) is 9.68. The number of carboxylic acid groups (broad SMARTS) is 1. The summed E-state index contributed by atoms with van der Waals surface area (Å²) in [5.41, 5.74) is 1.78. The quantitative estimate of drug-likeness (QED) is 0.647. The summed E-state index contributed by atoms with van der Waals surface area (Å²) in [7, 11) is 0. The van der Waals surface area contributed by atoms with E-state index < -0.39 is 5.97 Å². The standard InChI is InChI=1S/C13H9N3O3/c17-11-3-1-2-9(14-11)12-15-8-5-4-7(13(18)19)6-10(8)16-12/h1-6H,(H,14,17)(H,15,16)(H,18,19). The monoisotopic (exact) mass is 255 g/mol. The van der Waals surface area contributed by atoms with Gasteiger partial charge in [0.05, 0.1) is 22.3 Å². The second kappa shape index (κ2) is 4.09. The van der Waals surface area contributed by atoms with Crippen LogP contribution in [0.2, 0.25) is 0 Å². The van der Waals surface area contributed by atoms with E-state index >= 15 is 0 Å². The molecular weight excluding hydrogens is 246 g/mol. The molecule has 0 bridgehead atoms. The van der Waals surface area contributed by atoms with Gasteiger partial charge in [0.15, 0.2) is 5.82 Å². The Bertz CT molecular complexity index is 832. The molecule has 0 saturated heterocycles. The maximum Gasteiger partial charge on any atom is 0.335 e. The lowest BCUT2D eigenvalue weighted by molar-refractivity contribution is 0.0697. The third-order valence-electron chi connectivity index (χ3n) is 2.75. The van der Waals surface area contributed by atoms with Gasteiger partial charge in [-0.2, -0.15) is 0 Å². The van der Waals surface area contributed by atoms with Crippen LogP contribution in [0.1, 0.15) is 10.4 Å². The summed E-state index contributed by atoms with van der Waals surface area (Å²) in [6, 6.07) is 9.38. The number of nitrogens with zero attached hydrogens (tertiary/aromatic N) is 1. The molecule has 0 aliphatic rings. The van der Waals surface area contributed by atoms with Gasteiger partial charge >= 0.3 is 5.97 Å². The molecule has 0 saturated carbocycles. The molecular formula is C13H9N3O3. The average Bonchev–Trinajstić information content (AvgIpc) is 2.81. The van der Waals surface area contributed by atoms with Crippen LogP contribution in [-0.2, 0) is 0 Å². The zero-order chi connectivity index (χ0) is 13.4. The van der Waals surface area contributed by atoms with Crippen LogP contribution in [0.25, 0.3) is 22.6 Å². The lowest BCUT2D eigenvalue weighted by atomic mass is 10.2. The van der Waals surface area contributed by atoms with E-state index in [4.69, 9.17) is 5.11 Å². The van der Waals surface area contributed by atoms with E-state index in [9.17, 15) is 9.59 Å². The fourth-order valence-electron chi connectivity index (χ4n) is 1.86. The van der Waals surface area contributed by atoms with Crippen molar-refractivity contribution in [2.24, 2.45) is 0 Å². The molecule has 6 heteroatoms. The largest absolute Gasteiger partial charge is 0.478 e. The van der Waals surface area contributed by atoms with E-state index in [2.05, 4.69) is 15.0 Å². The normalized spacial score (nSPS) is 10.7. The Morgan fingerprint density at radius 3 is 2.74 bits per heavy atom. The first-order chi connectivity index (χ1) is 9.13. The molecule has 0 atom stereocenters. The fraction of sp³-hybridized carbons (Fsp3) is 0. The summed E-state index contributed by atoms with van der Waals surface area (Å²) in [6.45, 7) is 0. The fourth-order valence-corrected chi connectivity index (χ4v) is 1.86. The van der Waals surface area contributed by atoms with Crippen molar-refractivity contribution >= 4 is 17.0 Å². The minimum absolute atomic E-state index is 0.184. The van der Waals surface area contributed by atoms with E-state index in [0.717, 1.165) is 0 Å². The minimum atomic E-state index is -0.994. The van der Waals surface area contributed by atoms with Crippen molar-refractivity contribution in [1.29, 1.82) is 0 Å². The van der Waals surface area contributed by atoms with Gasteiger partial charge in [0.2, 0.25) is 5.56 Å². The summed E-state index contributed by atoms with van der Waals surface area (Å²) in [5, 5.41) is 8.92. The summed E-state index contributed by atoms with van der Waals surface area (Å²) in [4.78, 5) is 32.1. The highest BCUT2D eigenvalue weighted by atomic mass is 16.4. The predicted molar refractivity (Wildman–Crippen MR) is 69.1 cm³/mol. The van der Waals surface area contributed by atoms with Crippen molar-refractivity contribution in [3.05, 3.63) is 52.3 Å². The highest BCUT2D eigenvalue weighted by Gasteiger charge is 2.09. The van der Waals surface area contributed by atoms with Crippen LogP contribution in [0, 0.1) is 0 Å². The maximum atomic E-state index is 11.2. The van der Waals surface area contributed by atoms with Crippen LogP contribution < -0.4 is 5.56 Å². The molecule has 0 spiro atoms. The Hall–Kier alpha value is -2.89. The first kappa shape index (κ1) is 11.2. The number of aromatic carboxylic acids is 1. The van der Waals surface area contributed by atoms with Crippen molar-refractivity contribution in [1.82, 2.24) is 15.0 Å². The van der Waals surface area contributed by atoms with Crippen LogP contribution in [0.3, 0.4) is 0 Å². The zero-order valence-electron chi connectivity index (χ0n) is 9.68. The summed E-state index contributed by atoms with van der Waals surface area (Å²) in [6.07, 6.45) is 0. The number of hydrogen-bond acceptors (Lipinski definition) is 3. The van der Waals surface area contributed by atoms with Gasteiger partial charge in [0.25, 0.3) is 0 Å². The molecule has 2 heterocycles. The van der Waals surface area contributed by atoms with Crippen LogP contribution in [0.15, 0.2) is 41.2 Å². The van der Waals surface area contributed by atoms with Gasteiger partial charge in [-0.05, 0) is 24.3 Å². The van der Waals surface area contributed by atoms with Crippen molar-refractivity contribution in [3.63, 3.8) is 0 Å². The van der Waals surface area contributed by atoms with Crippen molar-refractivity contribution < 1.29 is 9.90 Å². The van der Waals surface area contributed by atoms with Gasteiger partial charge in [-0.25, -0.2) is 9.78 Å². The molecule has 3 aromatic rings. The van der Waals surface area contributed by atoms with Gasteiger partial charge in [-0.15, -0.1) is 0 Å². The third kappa shape index (κ3) is 1.99. The van der Waals surface area contributed by atoms with E-state index in [-0.39, 0.29) is 11.1 Å². The number of aromatic nitrogens is 3. The first-order valence-corrected chi connectivity index (χ1v) is 5.56. The van der Waals surface area contributed by atoms with Gasteiger partial charge in [-0.3, -0.25) is 4.79 Å². The van der Waals surface area contributed by atoms with E-state index in [1.165, 1.54) is 18.2 Å². The topological polar surface area (TPSA) is 98.8 Å². The maximum absolute atomic E-state index is 11.2. The van der Waals surface area contributed by atoms with Crippen molar-refractivity contribution in [2.75, 3.05) is 0 Å². The summed E-state index contributed by atoms with van der Waals surface area (Å²) >= 11 is 0. The van der Waals surface area contributed by atoms with Crippen molar-refractivity contribution in [2.45, 2.75) is 0 Å². The lowest BCUT2D eigenvalue weighted by Crippen LogP contribution is -2.03. The molecule has 1 aromatic carbocycles. The van der Waals surface area contributed by atoms with Crippen molar-refractivity contribution in [3.8, 4) is 11.5 Å².